The van der Waals surface area contributed by atoms with E-state index in [4.69, 9.17) is 11.6 Å². The predicted octanol–water partition coefficient (Wildman–Crippen LogP) is 6.93. The van der Waals surface area contributed by atoms with Gasteiger partial charge >= 0.3 is 0 Å². The van der Waals surface area contributed by atoms with Crippen LogP contribution in [-0.2, 0) is 6.42 Å². The fourth-order valence-corrected chi connectivity index (χ4v) is 6.05. The Labute approximate surface area is 250 Å². The van der Waals surface area contributed by atoms with E-state index in [1.807, 2.05) is 31.2 Å². The number of nitrogens with zero attached hydrogens (tertiary/aromatic N) is 4. The molecule has 8 heteroatoms. The Hall–Kier alpha value is -4.38. The van der Waals surface area contributed by atoms with Gasteiger partial charge in [0.05, 0.1) is 5.69 Å². The van der Waals surface area contributed by atoms with Crippen LogP contribution in [0.15, 0.2) is 79.0 Å². The van der Waals surface area contributed by atoms with E-state index in [2.05, 4.69) is 56.8 Å². The summed E-state index contributed by atoms with van der Waals surface area (Å²) in [5.74, 6) is 0.242. The van der Waals surface area contributed by atoms with E-state index in [1.54, 1.807) is 28.9 Å². The molecule has 3 heterocycles. The van der Waals surface area contributed by atoms with Crippen molar-refractivity contribution in [3.63, 3.8) is 0 Å². The van der Waals surface area contributed by atoms with E-state index in [0.717, 1.165) is 37.2 Å². The summed E-state index contributed by atoms with van der Waals surface area (Å²) in [7, 11) is 0. The third kappa shape index (κ3) is 5.69. The number of carbonyl (C=O) groups excluding carboxylic acids is 1. The maximum absolute atomic E-state index is 13.5. The number of rotatable bonds is 10. The highest BCUT2D eigenvalue weighted by Crippen LogP contribution is 2.28. The van der Waals surface area contributed by atoms with Crippen molar-refractivity contribution in [3.05, 3.63) is 112 Å². The monoisotopic (exact) mass is 576 g/mol. The highest BCUT2D eigenvalue weighted by atomic mass is 35.5. The molecule has 2 N–H and O–H groups in total. The second-order valence-corrected chi connectivity index (χ2v) is 11.4. The first kappa shape index (κ1) is 27.8. The average molecular weight is 577 g/mol. The van der Waals surface area contributed by atoms with E-state index in [0.29, 0.717) is 29.0 Å². The zero-order valence-corrected chi connectivity index (χ0v) is 24.4. The summed E-state index contributed by atoms with van der Waals surface area (Å²) < 4.78 is 1.64. The first-order valence-corrected chi connectivity index (χ1v) is 14.8. The number of anilines is 1. The summed E-state index contributed by atoms with van der Waals surface area (Å²) in [5.41, 5.74) is 5.22. The zero-order chi connectivity index (χ0) is 29.1. The molecule has 212 valence electrons. The van der Waals surface area contributed by atoms with Gasteiger partial charge in [-0.05, 0) is 75.0 Å². The van der Waals surface area contributed by atoms with Crippen LogP contribution in [0.4, 0.5) is 5.82 Å². The van der Waals surface area contributed by atoms with Gasteiger partial charge in [-0.25, -0.2) is 4.68 Å². The molecule has 0 amide bonds. The van der Waals surface area contributed by atoms with Crippen molar-refractivity contribution < 1.29 is 4.79 Å². The number of halogens is 1. The molecule has 42 heavy (non-hydrogen) atoms. The second-order valence-electron chi connectivity index (χ2n) is 10.9. The molecule has 2 aromatic heterocycles. The number of para-hydroxylation sites is 1. The van der Waals surface area contributed by atoms with Crippen molar-refractivity contribution in [2.45, 2.75) is 38.6 Å². The van der Waals surface area contributed by atoms with Crippen LogP contribution >= 0.6 is 11.6 Å². The molecule has 1 fully saturated rings. The van der Waals surface area contributed by atoms with Crippen molar-refractivity contribution in [2.24, 2.45) is 0 Å². The van der Waals surface area contributed by atoms with Crippen molar-refractivity contribution in [2.75, 3.05) is 25.0 Å². The molecule has 1 aliphatic rings. The van der Waals surface area contributed by atoms with Gasteiger partial charge in [-0.2, -0.15) is 10.4 Å². The second kappa shape index (κ2) is 12.2. The topological polar surface area (TPSA) is 89.7 Å². The van der Waals surface area contributed by atoms with Crippen molar-refractivity contribution in [1.29, 1.82) is 5.26 Å². The van der Waals surface area contributed by atoms with Crippen LogP contribution in [0.3, 0.4) is 0 Å². The Morgan fingerprint density at radius 2 is 1.90 bits per heavy atom. The Balaban J connectivity index is 1.18. The summed E-state index contributed by atoms with van der Waals surface area (Å²) in [6.07, 6.45) is 6.47. The first-order chi connectivity index (χ1) is 20.5. The van der Waals surface area contributed by atoms with Gasteiger partial charge in [0.2, 0.25) is 5.78 Å². The van der Waals surface area contributed by atoms with E-state index in [-0.39, 0.29) is 17.0 Å². The first-order valence-electron chi connectivity index (χ1n) is 14.4. The molecule has 0 bridgehead atoms. The molecule has 1 atom stereocenters. The van der Waals surface area contributed by atoms with Gasteiger partial charge < -0.3 is 10.3 Å². The summed E-state index contributed by atoms with van der Waals surface area (Å²) >= 11 is 6.14. The number of aromatic nitrogens is 3. The molecule has 1 unspecified atom stereocenters. The van der Waals surface area contributed by atoms with Gasteiger partial charge in [0.25, 0.3) is 0 Å². The zero-order valence-electron chi connectivity index (χ0n) is 23.6. The number of aromatic amines is 1. The lowest BCUT2D eigenvalue weighted by atomic mass is 10.0. The normalized spacial score (nSPS) is 15.2. The smallest absolute Gasteiger partial charge is 0.214 e. The molecule has 6 rings (SSSR count). The molecule has 0 radical (unpaired) electrons. The Bertz CT molecular complexity index is 1750. The van der Waals surface area contributed by atoms with Gasteiger partial charge in [-0.15, -0.1) is 0 Å². The minimum absolute atomic E-state index is 0.136. The van der Waals surface area contributed by atoms with Crippen molar-refractivity contribution >= 4 is 34.1 Å². The lowest BCUT2D eigenvalue weighted by Crippen LogP contribution is -2.32. The number of ketones is 1. The van der Waals surface area contributed by atoms with Gasteiger partial charge in [0.1, 0.15) is 17.5 Å². The van der Waals surface area contributed by atoms with Crippen LogP contribution in [0, 0.1) is 18.3 Å². The lowest BCUT2D eigenvalue weighted by molar-refractivity contribution is 0.103. The molecule has 1 aliphatic heterocycles. The Kier molecular flexibility index (Phi) is 8.09. The molecule has 0 spiro atoms. The van der Waals surface area contributed by atoms with Crippen molar-refractivity contribution in [3.8, 4) is 11.8 Å². The number of carbonyl (C=O) groups is 1. The van der Waals surface area contributed by atoms with Gasteiger partial charge in [-0.3, -0.25) is 9.69 Å². The highest BCUT2D eigenvalue weighted by molar-refractivity contribution is 6.30. The number of hydrogen-bond acceptors (Lipinski definition) is 5. The maximum Gasteiger partial charge on any atom is 0.214 e. The number of hydrogen-bond donors (Lipinski definition) is 2. The van der Waals surface area contributed by atoms with E-state index < -0.39 is 0 Å². The molecular weight excluding hydrogens is 544 g/mol. The molecule has 3 aromatic carbocycles. The molecule has 5 aromatic rings. The number of likely N-dealkylation sites (tertiary alicyclic amines) is 1. The fraction of sp³-hybridized carbons (Fsp3) is 0.265. The van der Waals surface area contributed by atoms with E-state index in [9.17, 15) is 10.1 Å². The molecule has 0 saturated carbocycles. The summed E-state index contributed by atoms with van der Waals surface area (Å²) in [6, 6.07) is 25.8. The predicted molar refractivity (Wildman–Crippen MR) is 168 cm³/mol. The lowest BCUT2D eigenvalue weighted by Gasteiger charge is -2.24. The molecule has 1 saturated heterocycles. The quantitative estimate of drug-likeness (QED) is 0.139. The molecule has 0 aliphatic carbocycles. The largest absolute Gasteiger partial charge is 0.369 e. The van der Waals surface area contributed by atoms with Crippen LogP contribution in [0.5, 0.6) is 0 Å². The number of H-pyrrole nitrogens is 1. The van der Waals surface area contributed by atoms with Gasteiger partial charge in [-0.1, -0.05) is 59.6 Å². The Morgan fingerprint density at radius 1 is 1.12 bits per heavy atom. The summed E-state index contributed by atoms with van der Waals surface area (Å²) in [4.78, 5) is 19.4. The van der Waals surface area contributed by atoms with Crippen LogP contribution < -0.4 is 5.32 Å². The minimum Gasteiger partial charge on any atom is -0.369 e. The van der Waals surface area contributed by atoms with Crippen LogP contribution in [0.1, 0.15) is 52.0 Å². The summed E-state index contributed by atoms with van der Waals surface area (Å²) in [5, 5.41) is 20.2. The standard InChI is InChI=1S/C34H33ClN6O/c1-23-9-11-24(12-10-23)33(42)32-30(21-36)34(41(39-32)27-15-13-26(35)14-16-27)37-17-5-19-40-18-4-6-28(40)20-25-22-38-31-8-3-2-7-29(25)31/h2-3,7-16,22,28,37-38H,4-6,17-20H2,1H3. The van der Waals surface area contributed by atoms with Crippen LogP contribution in [-0.4, -0.2) is 51.1 Å². The van der Waals surface area contributed by atoms with E-state index in [1.165, 1.54) is 29.3 Å². The van der Waals surface area contributed by atoms with Crippen LogP contribution in [0.25, 0.3) is 16.6 Å². The minimum atomic E-state index is -0.278. The highest BCUT2D eigenvalue weighted by Gasteiger charge is 2.27. The third-order valence-corrected chi connectivity index (χ3v) is 8.39. The van der Waals surface area contributed by atoms with Gasteiger partial charge in [0, 0.05) is 46.8 Å². The number of fused-ring (bicyclic) bond motifs is 1. The van der Waals surface area contributed by atoms with Gasteiger partial charge in [0.15, 0.2) is 5.69 Å². The van der Waals surface area contributed by atoms with E-state index >= 15 is 0 Å². The number of aryl methyl sites for hydroxylation is 1. The van der Waals surface area contributed by atoms with Crippen molar-refractivity contribution in [1.82, 2.24) is 19.7 Å². The van der Waals surface area contributed by atoms with Crippen LogP contribution in [0.2, 0.25) is 5.02 Å². The number of benzene rings is 3. The number of nitriles is 1. The number of nitrogens with one attached hydrogen (secondary N) is 2. The molecular formula is C34H33ClN6O. The maximum atomic E-state index is 13.5. The molecule has 7 nitrogen and oxygen atoms in total. The average Bonchev–Trinajstić information content (AvgIpc) is 3.73. The third-order valence-electron chi connectivity index (χ3n) is 8.14. The SMILES string of the molecule is Cc1ccc(C(=O)c2nn(-c3ccc(Cl)cc3)c(NCCCN3CCCC3Cc3c[nH]c4ccccc34)c2C#N)cc1. The fourth-order valence-electron chi connectivity index (χ4n) is 5.92. The summed E-state index contributed by atoms with van der Waals surface area (Å²) in [6.45, 7) is 4.65. The Morgan fingerprint density at radius 3 is 2.69 bits per heavy atom.